The summed E-state index contributed by atoms with van der Waals surface area (Å²) in [6, 6.07) is 19.2. The van der Waals surface area contributed by atoms with Crippen LogP contribution in [0.1, 0.15) is 24.0 Å². The molecule has 0 N–H and O–H groups in total. The van der Waals surface area contributed by atoms with Crippen molar-refractivity contribution in [3.8, 4) is 6.07 Å². The van der Waals surface area contributed by atoms with E-state index >= 15 is 0 Å². The number of anilines is 1. The molecule has 1 aliphatic carbocycles. The molecule has 104 valence electrons. The van der Waals surface area contributed by atoms with E-state index in [-0.39, 0.29) is 11.3 Å². The monoisotopic (exact) mass is 276 g/mol. The Morgan fingerprint density at radius 3 is 2.48 bits per heavy atom. The zero-order valence-corrected chi connectivity index (χ0v) is 11.9. The first-order chi connectivity index (χ1) is 10.2. The lowest BCUT2D eigenvalue weighted by atomic mass is 9.94. The Hall–Kier alpha value is -2.60. The van der Waals surface area contributed by atoms with Crippen LogP contribution in [-0.2, 0) is 10.2 Å². The molecule has 3 heteroatoms. The van der Waals surface area contributed by atoms with Crippen LogP contribution >= 0.6 is 0 Å². The van der Waals surface area contributed by atoms with E-state index in [9.17, 15) is 4.79 Å². The third-order valence-electron chi connectivity index (χ3n) is 4.15. The van der Waals surface area contributed by atoms with Gasteiger partial charge in [0.05, 0.1) is 17.0 Å². The van der Waals surface area contributed by atoms with Crippen molar-refractivity contribution >= 4 is 11.6 Å². The highest BCUT2D eigenvalue weighted by molar-refractivity contribution is 6.03. The third kappa shape index (κ3) is 2.30. The molecule has 0 aromatic heterocycles. The van der Waals surface area contributed by atoms with Crippen LogP contribution in [-0.4, -0.2) is 13.0 Å². The lowest BCUT2D eigenvalue weighted by Gasteiger charge is -2.24. The summed E-state index contributed by atoms with van der Waals surface area (Å²) in [5.74, 6) is 0.101. The topological polar surface area (TPSA) is 44.1 Å². The molecule has 3 rings (SSSR count). The Morgan fingerprint density at radius 1 is 1.14 bits per heavy atom. The minimum Gasteiger partial charge on any atom is -0.315 e. The molecule has 21 heavy (non-hydrogen) atoms. The number of hydrogen-bond acceptors (Lipinski definition) is 2. The smallest absolute Gasteiger partial charge is 0.237 e. The second-order valence-corrected chi connectivity index (χ2v) is 5.47. The number of nitriles is 1. The van der Waals surface area contributed by atoms with Crippen molar-refractivity contribution in [2.24, 2.45) is 0 Å². The van der Waals surface area contributed by atoms with Gasteiger partial charge in [0.2, 0.25) is 5.91 Å². The van der Waals surface area contributed by atoms with Gasteiger partial charge in [0.15, 0.2) is 0 Å². The van der Waals surface area contributed by atoms with Crippen molar-refractivity contribution in [2.75, 3.05) is 11.9 Å². The lowest BCUT2D eigenvalue weighted by molar-refractivity contribution is -0.120. The number of rotatable bonds is 3. The first-order valence-corrected chi connectivity index (χ1v) is 7.01. The number of amides is 1. The van der Waals surface area contributed by atoms with Crippen LogP contribution in [0.4, 0.5) is 5.69 Å². The van der Waals surface area contributed by atoms with Crippen LogP contribution in [0.15, 0.2) is 54.6 Å². The van der Waals surface area contributed by atoms with E-state index in [4.69, 9.17) is 5.26 Å². The molecule has 3 nitrogen and oxygen atoms in total. The van der Waals surface area contributed by atoms with Gasteiger partial charge in [-0.15, -0.1) is 0 Å². The zero-order chi connectivity index (χ0) is 14.9. The van der Waals surface area contributed by atoms with Crippen molar-refractivity contribution in [3.63, 3.8) is 0 Å². The molecule has 0 bridgehead atoms. The summed E-state index contributed by atoms with van der Waals surface area (Å²) in [7, 11) is 1.78. The summed E-state index contributed by atoms with van der Waals surface area (Å²) >= 11 is 0. The van der Waals surface area contributed by atoms with Gasteiger partial charge in [-0.2, -0.15) is 5.26 Å². The van der Waals surface area contributed by atoms with Gasteiger partial charge in [-0.05, 0) is 36.6 Å². The third-order valence-corrected chi connectivity index (χ3v) is 4.15. The maximum atomic E-state index is 12.9. The summed E-state index contributed by atoms with van der Waals surface area (Å²) in [6.07, 6.45) is 1.77. The van der Waals surface area contributed by atoms with Crippen molar-refractivity contribution in [1.82, 2.24) is 0 Å². The van der Waals surface area contributed by atoms with Crippen molar-refractivity contribution in [1.29, 1.82) is 5.26 Å². The Bertz CT molecular complexity index is 711. The predicted molar refractivity (Wildman–Crippen MR) is 81.9 cm³/mol. The molecule has 2 aromatic carbocycles. The number of benzene rings is 2. The molecule has 0 atom stereocenters. The van der Waals surface area contributed by atoms with Crippen LogP contribution < -0.4 is 4.90 Å². The second-order valence-electron chi connectivity index (χ2n) is 5.47. The van der Waals surface area contributed by atoms with E-state index in [0.29, 0.717) is 5.56 Å². The number of likely N-dealkylation sites (N-methyl/N-ethyl adjacent to an activating group) is 1. The van der Waals surface area contributed by atoms with Crippen LogP contribution in [0, 0.1) is 11.3 Å². The average molecular weight is 276 g/mol. The molecular weight excluding hydrogens is 260 g/mol. The van der Waals surface area contributed by atoms with Gasteiger partial charge in [0, 0.05) is 12.7 Å². The summed E-state index contributed by atoms with van der Waals surface area (Å²) in [6.45, 7) is 0. The Morgan fingerprint density at radius 2 is 1.86 bits per heavy atom. The van der Waals surface area contributed by atoms with Gasteiger partial charge in [0.25, 0.3) is 0 Å². The largest absolute Gasteiger partial charge is 0.315 e. The normalized spacial score (nSPS) is 15.0. The molecular formula is C18H16N2O. The maximum absolute atomic E-state index is 12.9. The molecule has 1 amide bonds. The fourth-order valence-electron chi connectivity index (χ4n) is 2.73. The first-order valence-electron chi connectivity index (χ1n) is 7.01. The molecule has 1 saturated carbocycles. The summed E-state index contributed by atoms with van der Waals surface area (Å²) in [5, 5.41) is 8.98. The molecule has 1 fully saturated rings. The van der Waals surface area contributed by atoms with Gasteiger partial charge in [-0.1, -0.05) is 36.4 Å². The summed E-state index contributed by atoms with van der Waals surface area (Å²) < 4.78 is 0. The van der Waals surface area contributed by atoms with Crippen LogP contribution in [0.25, 0.3) is 0 Å². The highest BCUT2D eigenvalue weighted by Crippen LogP contribution is 2.49. The standard InChI is InChI=1S/C18H16N2O/c1-20(16-9-5-6-14(12-16)13-19)17(21)18(10-11-18)15-7-3-2-4-8-15/h2-9,12H,10-11H2,1H3. The number of hydrogen-bond donors (Lipinski definition) is 0. The highest BCUT2D eigenvalue weighted by Gasteiger charge is 2.52. The number of nitrogens with zero attached hydrogens (tertiary/aromatic N) is 2. The Balaban J connectivity index is 1.90. The molecule has 0 unspecified atom stereocenters. The zero-order valence-electron chi connectivity index (χ0n) is 11.9. The van der Waals surface area contributed by atoms with Crippen molar-refractivity contribution in [3.05, 3.63) is 65.7 Å². The Labute approximate surface area is 124 Å². The maximum Gasteiger partial charge on any atom is 0.237 e. The van der Waals surface area contributed by atoms with E-state index in [1.807, 2.05) is 36.4 Å². The van der Waals surface area contributed by atoms with Gasteiger partial charge < -0.3 is 4.90 Å². The van der Waals surface area contributed by atoms with Crippen molar-refractivity contribution < 1.29 is 4.79 Å². The molecule has 0 radical (unpaired) electrons. The van der Waals surface area contributed by atoms with Crippen LogP contribution in [0.3, 0.4) is 0 Å². The lowest BCUT2D eigenvalue weighted by Crippen LogP contribution is -2.36. The molecule has 2 aromatic rings. The first kappa shape index (κ1) is 13.4. The van der Waals surface area contributed by atoms with Gasteiger partial charge in [-0.3, -0.25) is 4.79 Å². The number of carbonyl (C=O) groups excluding carboxylic acids is 1. The van der Waals surface area contributed by atoms with E-state index < -0.39 is 0 Å². The molecule has 1 aliphatic rings. The fourth-order valence-corrected chi connectivity index (χ4v) is 2.73. The van der Waals surface area contributed by atoms with Crippen molar-refractivity contribution in [2.45, 2.75) is 18.3 Å². The van der Waals surface area contributed by atoms with Crippen LogP contribution in [0.5, 0.6) is 0 Å². The minimum absolute atomic E-state index is 0.101. The van der Waals surface area contributed by atoms with Crippen LogP contribution in [0.2, 0.25) is 0 Å². The molecule has 0 aliphatic heterocycles. The molecule has 0 spiro atoms. The molecule has 0 heterocycles. The number of carbonyl (C=O) groups is 1. The summed E-state index contributed by atoms with van der Waals surface area (Å²) in [4.78, 5) is 14.5. The van der Waals surface area contributed by atoms with Gasteiger partial charge in [-0.25, -0.2) is 0 Å². The average Bonchev–Trinajstić information content (AvgIpc) is 3.36. The SMILES string of the molecule is CN(C(=O)C1(c2ccccc2)CC1)c1cccc(C#N)c1. The fraction of sp³-hybridized carbons (Fsp3) is 0.222. The van der Waals surface area contributed by atoms with Gasteiger partial charge in [0.1, 0.15) is 0 Å². The van der Waals surface area contributed by atoms with E-state index in [1.54, 1.807) is 30.1 Å². The van der Waals surface area contributed by atoms with Gasteiger partial charge >= 0.3 is 0 Å². The highest BCUT2D eigenvalue weighted by atomic mass is 16.2. The van der Waals surface area contributed by atoms with E-state index in [0.717, 1.165) is 24.1 Å². The predicted octanol–water partition coefficient (Wildman–Crippen LogP) is 3.25. The quantitative estimate of drug-likeness (QED) is 0.863. The summed E-state index contributed by atoms with van der Waals surface area (Å²) in [5.41, 5.74) is 2.04. The second kappa shape index (κ2) is 5.06. The molecule has 0 saturated heterocycles. The van der Waals surface area contributed by atoms with E-state index in [2.05, 4.69) is 6.07 Å². The Kier molecular flexibility index (Phi) is 3.23. The van der Waals surface area contributed by atoms with E-state index in [1.165, 1.54) is 0 Å². The minimum atomic E-state index is -0.376.